The number of esters is 2. The van der Waals surface area contributed by atoms with Crippen molar-refractivity contribution in [2.24, 2.45) is 0 Å². The second kappa shape index (κ2) is 7.40. The molecule has 0 saturated heterocycles. The Morgan fingerprint density at radius 2 is 1.83 bits per heavy atom. The molecule has 2 rings (SSSR count). The Morgan fingerprint density at radius 1 is 1.09 bits per heavy atom. The van der Waals surface area contributed by atoms with Crippen LogP contribution in [-0.2, 0) is 16.0 Å². The van der Waals surface area contributed by atoms with Crippen molar-refractivity contribution in [1.82, 2.24) is 4.98 Å². The predicted octanol–water partition coefficient (Wildman–Crippen LogP) is 2.58. The fraction of sp³-hybridized carbons (Fsp3) is 0.235. The summed E-state index contributed by atoms with van der Waals surface area (Å²) >= 11 is 0. The maximum absolute atomic E-state index is 11.5. The first-order chi connectivity index (χ1) is 11.0. The van der Waals surface area contributed by atoms with Crippen LogP contribution in [0.1, 0.15) is 32.0 Å². The maximum atomic E-state index is 11.5. The third-order valence-electron chi connectivity index (χ3n) is 3.31. The van der Waals surface area contributed by atoms with Crippen molar-refractivity contribution in [2.45, 2.75) is 13.5 Å². The Labute approximate surface area is 134 Å². The van der Waals surface area contributed by atoms with Gasteiger partial charge in [0.1, 0.15) is 5.82 Å². The Bertz CT molecular complexity index is 728. The normalized spacial score (nSPS) is 10.0. The molecule has 0 amide bonds. The van der Waals surface area contributed by atoms with Crippen LogP contribution in [0.3, 0.4) is 0 Å². The first-order valence-electron chi connectivity index (χ1n) is 7.02. The number of ether oxygens (including phenoxy) is 2. The van der Waals surface area contributed by atoms with Gasteiger partial charge in [-0.05, 0) is 36.8 Å². The quantitative estimate of drug-likeness (QED) is 0.855. The molecule has 0 aliphatic rings. The maximum Gasteiger partial charge on any atom is 0.339 e. The van der Waals surface area contributed by atoms with Crippen molar-refractivity contribution in [2.75, 3.05) is 19.5 Å². The monoisotopic (exact) mass is 314 g/mol. The number of carbonyl (C=O) groups is 2. The summed E-state index contributed by atoms with van der Waals surface area (Å²) in [5.41, 5.74) is 2.44. The molecular formula is C17H18N2O4. The van der Waals surface area contributed by atoms with Crippen molar-refractivity contribution in [3.8, 4) is 0 Å². The van der Waals surface area contributed by atoms with Gasteiger partial charge >= 0.3 is 11.9 Å². The van der Waals surface area contributed by atoms with Crippen molar-refractivity contribution in [3.63, 3.8) is 0 Å². The van der Waals surface area contributed by atoms with Crippen LogP contribution in [-0.4, -0.2) is 31.1 Å². The first-order valence-corrected chi connectivity index (χ1v) is 7.02. The van der Waals surface area contributed by atoms with Crippen molar-refractivity contribution in [3.05, 3.63) is 58.8 Å². The largest absolute Gasteiger partial charge is 0.465 e. The van der Waals surface area contributed by atoms with Crippen molar-refractivity contribution < 1.29 is 19.1 Å². The van der Waals surface area contributed by atoms with Gasteiger partial charge in [0.25, 0.3) is 0 Å². The molecule has 6 heteroatoms. The highest BCUT2D eigenvalue weighted by atomic mass is 16.5. The van der Waals surface area contributed by atoms with E-state index in [0.29, 0.717) is 29.2 Å². The summed E-state index contributed by atoms with van der Waals surface area (Å²) in [6, 6.07) is 10.5. The number of nitrogens with zero attached hydrogens (tertiary/aromatic N) is 1. The van der Waals surface area contributed by atoms with Gasteiger partial charge in [-0.25, -0.2) is 14.6 Å². The van der Waals surface area contributed by atoms with Gasteiger partial charge < -0.3 is 14.8 Å². The van der Waals surface area contributed by atoms with E-state index in [2.05, 4.69) is 15.0 Å². The Kier molecular flexibility index (Phi) is 5.30. The first kappa shape index (κ1) is 16.5. The van der Waals surface area contributed by atoms with Crippen LogP contribution in [0.4, 0.5) is 5.82 Å². The number of anilines is 1. The fourth-order valence-corrected chi connectivity index (χ4v) is 2.10. The zero-order valence-corrected chi connectivity index (χ0v) is 13.3. The van der Waals surface area contributed by atoms with Crippen molar-refractivity contribution in [1.29, 1.82) is 0 Å². The Balaban J connectivity index is 2.08. The molecule has 0 aliphatic heterocycles. The van der Waals surface area contributed by atoms with Gasteiger partial charge in [0.2, 0.25) is 0 Å². The molecule has 0 spiro atoms. The van der Waals surface area contributed by atoms with Crippen molar-refractivity contribution >= 4 is 17.8 Å². The summed E-state index contributed by atoms with van der Waals surface area (Å²) in [6.45, 7) is 2.24. The van der Waals surface area contributed by atoms with Gasteiger partial charge in [0.05, 0.1) is 31.0 Å². The number of hydrogen-bond donors (Lipinski definition) is 1. The van der Waals surface area contributed by atoms with Crippen LogP contribution >= 0.6 is 0 Å². The number of methoxy groups -OCH3 is 2. The van der Waals surface area contributed by atoms with Gasteiger partial charge in [-0.15, -0.1) is 0 Å². The fourth-order valence-electron chi connectivity index (χ4n) is 2.10. The van der Waals surface area contributed by atoms with E-state index in [4.69, 9.17) is 4.74 Å². The Morgan fingerprint density at radius 3 is 2.48 bits per heavy atom. The number of benzene rings is 1. The van der Waals surface area contributed by atoms with E-state index in [1.54, 1.807) is 37.3 Å². The second-order valence-corrected chi connectivity index (χ2v) is 4.87. The minimum absolute atomic E-state index is 0.372. The van der Waals surface area contributed by atoms with Crippen LogP contribution in [0.5, 0.6) is 0 Å². The van der Waals surface area contributed by atoms with E-state index in [-0.39, 0.29) is 5.97 Å². The molecule has 0 bridgehead atoms. The van der Waals surface area contributed by atoms with Crippen LogP contribution in [0.15, 0.2) is 36.4 Å². The number of aryl methyl sites for hydroxylation is 1. The highest BCUT2D eigenvalue weighted by molar-refractivity contribution is 5.90. The average Bonchev–Trinajstić information content (AvgIpc) is 2.59. The molecule has 6 nitrogen and oxygen atoms in total. The zero-order chi connectivity index (χ0) is 16.8. The zero-order valence-electron chi connectivity index (χ0n) is 13.3. The van der Waals surface area contributed by atoms with E-state index < -0.39 is 5.97 Å². The summed E-state index contributed by atoms with van der Waals surface area (Å²) < 4.78 is 9.39. The summed E-state index contributed by atoms with van der Waals surface area (Å²) in [4.78, 5) is 27.4. The van der Waals surface area contributed by atoms with Gasteiger partial charge in [0, 0.05) is 6.54 Å². The van der Waals surface area contributed by atoms with E-state index in [1.807, 2.05) is 6.07 Å². The lowest BCUT2D eigenvalue weighted by atomic mass is 10.1. The molecule has 2 aromatic rings. The minimum Gasteiger partial charge on any atom is -0.465 e. The second-order valence-electron chi connectivity index (χ2n) is 4.87. The number of pyridine rings is 1. The van der Waals surface area contributed by atoms with E-state index >= 15 is 0 Å². The molecule has 1 heterocycles. The van der Waals surface area contributed by atoms with Crippen LogP contribution in [0.2, 0.25) is 0 Å². The van der Waals surface area contributed by atoms with E-state index in [0.717, 1.165) is 5.56 Å². The third-order valence-corrected chi connectivity index (χ3v) is 3.31. The molecule has 23 heavy (non-hydrogen) atoms. The van der Waals surface area contributed by atoms with Gasteiger partial charge in [-0.2, -0.15) is 0 Å². The molecule has 1 N–H and O–H groups in total. The number of nitrogens with one attached hydrogen (secondary N) is 1. The smallest absolute Gasteiger partial charge is 0.339 e. The molecule has 1 aromatic heterocycles. The molecule has 120 valence electrons. The molecule has 0 atom stereocenters. The molecule has 0 unspecified atom stereocenters. The molecular weight excluding hydrogens is 296 g/mol. The SMILES string of the molecule is COC(=O)c1cccc(CNc2ccc(C(=O)OC)c(C)n2)c1. The summed E-state index contributed by atoms with van der Waals surface area (Å²) in [5, 5.41) is 3.15. The Hall–Kier alpha value is -2.89. The lowest BCUT2D eigenvalue weighted by Gasteiger charge is -2.09. The number of hydrogen-bond acceptors (Lipinski definition) is 6. The summed E-state index contributed by atoms with van der Waals surface area (Å²) in [6.07, 6.45) is 0. The number of aromatic nitrogens is 1. The highest BCUT2D eigenvalue weighted by Gasteiger charge is 2.11. The predicted molar refractivity (Wildman–Crippen MR) is 85.4 cm³/mol. The average molecular weight is 314 g/mol. The lowest BCUT2D eigenvalue weighted by Crippen LogP contribution is -2.08. The lowest BCUT2D eigenvalue weighted by molar-refractivity contribution is 0.0591. The highest BCUT2D eigenvalue weighted by Crippen LogP contribution is 2.13. The van der Waals surface area contributed by atoms with E-state index in [1.165, 1.54) is 14.2 Å². The topological polar surface area (TPSA) is 77.5 Å². The molecule has 0 radical (unpaired) electrons. The van der Waals surface area contributed by atoms with Crippen LogP contribution in [0, 0.1) is 6.92 Å². The number of rotatable bonds is 5. The minimum atomic E-state index is -0.410. The molecule has 0 aliphatic carbocycles. The standard InChI is InChI=1S/C17H18N2O4/c1-11-14(17(21)23-3)7-8-15(19-11)18-10-12-5-4-6-13(9-12)16(20)22-2/h4-9H,10H2,1-3H3,(H,18,19). The van der Waals surface area contributed by atoms with E-state index in [9.17, 15) is 9.59 Å². The third kappa shape index (κ3) is 4.06. The molecule has 0 saturated carbocycles. The van der Waals surface area contributed by atoms with Crippen LogP contribution < -0.4 is 5.32 Å². The summed E-state index contributed by atoms with van der Waals surface area (Å²) in [5.74, 6) is -0.144. The molecule has 1 aromatic carbocycles. The van der Waals surface area contributed by atoms with Gasteiger partial charge in [0.15, 0.2) is 0 Å². The number of carbonyl (C=O) groups excluding carboxylic acids is 2. The van der Waals surface area contributed by atoms with Gasteiger partial charge in [-0.1, -0.05) is 12.1 Å². The van der Waals surface area contributed by atoms with Crippen LogP contribution in [0.25, 0.3) is 0 Å². The molecule has 0 fully saturated rings. The van der Waals surface area contributed by atoms with Gasteiger partial charge in [-0.3, -0.25) is 0 Å². The summed E-state index contributed by atoms with van der Waals surface area (Å²) in [7, 11) is 2.69.